The second-order valence-electron chi connectivity index (χ2n) is 3.51. The molecule has 0 fully saturated rings. The third kappa shape index (κ3) is 1.93. The monoisotopic (exact) mass is 256 g/mol. The van der Waals surface area contributed by atoms with Crippen molar-refractivity contribution < 1.29 is 13.7 Å². The summed E-state index contributed by atoms with van der Waals surface area (Å²) in [6, 6.07) is 2.90. The number of nitrogens with zero attached hydrogens (tertiary/aromatic N) is 1. The van der Waals surface area contributed by atoms with E-state index in [4.69, 9.17) is 26.6 Å². The Labute approximate surface area is 102 Å². The lowest BCUT2D eigenvalue weighted by atomic mass is 10.1. The summed E-state index contributed by atoms with van der Waals surface area (Å²) in [5.41, 5.74) is 6.52. The third-order valence-corrected chi connectivity index (χ3v) is 2.62. The molecular weight excluding hydrogens is 247 g/mol. The molecule has 90 valence electrons. The maximum atomic E-state index is 14.0. The third-order valence-electron chi connectivity index (χ3n) is 2.35. The van der Waals surface area contributed by atoms with Crippen LogP contribution in [0.25, 0.3) is 11.3 Å². The molecule has 6 heteroatoms. The van der Waals surface area contributed by atoms with Crippen molar-refractivity contribution in [2.75, 3.05) is 12.8 Å². The number of rotatable bonds is 2. The summed E-state index contributed by atoms with van der Waals surface area (Å²) in [4.78, 5) is 0. The molecule has 0 aliphatic rings. The van der Waals surface area contributed by atoms with Gasteiger partial charge < -0.3 is 15.0 Å². The van der Waals surface area contributed by atoms with Gasteiger partial charge in [-0.1, -0.05) is 16.8 Å². The summed E-state index contributed by atoms with van der Waals surface area (Å²) in [6.07, 6.45) is 0. The Morgan fingerprint density at radius 3 is 2.71 bits per heavy atom. The van der Waals surface area contributed by atoms with Crippen LogP contribution in [0.5, 0.6) is 5.75 Å². The fourth-order valence-corrected chi connectivity index (χ4v) is 1.89. The van der Waals surface area contributed by atoms with Crippen LogP contribution >= 0.6 is 11.6 Å². The van der Waals surface area contributed by atoms with Gasteiger partial charge in [0.1, 0.15) is 11.4 Å². The van der Waals surface area contributed by atoms with Crippen molar-refractivity contribution in [3.8, 4) is 17.0 Å². The standard InChI is InChI=1S/C11H10ClFN2O2/c1-5-3-6(12)10(13)9(11(5)16-2)7-4-8(14)17-15-7/h3-4H,14H2,1-2H3. The normalized spacial score (nSPS) is 10.6. The zero-order valence-electron chi connectivity index (χ0n) is 9.25. The van der Waals surface area contributed by atoms with Crippen LogP contribution < -0.4 is 10.5 Å². The maximum Gasteiger partial charge on any atom is 0.222 e. The maximum absolute atomic E-state index is 14.0. The number of nitrogen functional groups attached to an aromatic ring is 1. The molecule has 1 heterocycles. The van der Waals surface area contributed by atoms with Gasteiger partial charge in [-0.3, -0.25) is 0 Å². The molecule has 2 N–H and O–H groups in total. The predicted molar refractivity (Wildman–Crippen MR) is 62.6 cm³/mol. The van der Waals surface area contributed by atoms with E-state index in [1.165, 1.54) is 19.2 Å². The fourth-order valence-electron chi connectivity index (χ4n) is 1.63. The molecule has 0 radical (unpaired) electrons. The Hall–Kier alpha value is -1.75. The largest absolute Gasteiger partial charge is 0.496 e. The number of anilines is 1. The molecule has 4 nitrogen and oxygen atoms in total. The summed E-state index contributed by atoms with van der Waals surface area (Å²) in [5, 5.41) is 3.66. The highest BCUT2D eigenvalue weighted by Gasteiger charge is 2.20. The van der Waals surface area contributed by atoms with Gasteiger partial charge >= 0.3 is 0 Å². The molecule has 0 unspecified atom stereocenters. The number of hydrogen-bond acceptors (Lipinski definition) is 4. The second-order valence-corrected chi connectivity index (χ2v) is 3.92. The van der Waals surface area contributed by atoms with E-state index in [0.29, 0.717) is 11.3 Å². The van der Waals surface area contributed by atoms with Crippen LogP contribution in [0.3, 0.4) is 0 Å². The minimum Gasteiger partial charge on any atom is -0.496 e. The van der Waals surface area contributed by atoms with E-state index in [0.717, 1.165) is 0 Å². The molecule has 0 saturated carbocycles. The molecule has 0 saturated heterocycles. The van der Waals surface area contributed by atoms with Crippen molar-refractivity contribution in [3.05, 3.63) is 28.5 Å². The Balaban J connectivity index is 2.74. The van der Waals surface area contributed by atoms with Crippen molar-refractivity contribution in [2.45, 2.75) is 6.92 Å². The zero-order chi connectivity index (χ0) is 12.6. The van der Waals surface area contributed by atoms with Crippen LogP contribution in [0, 0.1) is 12.7 Å². The van der Waals surface area contributed by atoms with Gasteiger partial charge in [-0.2, -0.15) is 0 Å². The molecule has 0 aliphatic heterocycles. The molecular formula is C11H10ClFN2O2. The number of hydrogen-bond donors (Lipinski definition) is 1. The Bertz CT molecular complexity index is 569. The van der Waals surface area contributed by atoms with E-state index >= 15 is 0 Å². The summed E-state index contributed by atoms with van der Waals surface area (Å²) in [7, 11) is 1.45. The SMILES string of the molecule is COc1c(C)cc(Cl)c(F)c1-c1cc(N)on1. The van der Waals surface area contributed by atoms with E-state index < -0.39 is 5.82 Å². The lowest BCUT2D eigenvalue weighted by molar-refractivity contribution is 0.407. The number of methoxy groups -OCH3 is 1. The van der Waals surface area contributed by atoms with Gasteiger partial charge in [0.05, 0.1) is 17.7 Å². The average molecular weight is 257 g/mol. The molecule has 0 amide bonds. The Morgan fingerprint density at radius 2 is 2.18 bits per heavy atom. The number of benzene rings is 1. The van der Waals surface area contributed by atoms with Crippen LogP contribution in [0.15, 0.2) is 16.7 Å². The molecule has 2 aromatic rings. The molecule has 0 bridgehead atoms. The molecule has 0 spiro atoms. The summed E-state index contributed by atoms with van der Waals surface area (Å²) >= 11 is 5.78. The molecule has 1 aromatic heterocycles. The highest BCUT2D eigenvalue weighted by atomic mass is 35.5. The smallest absolute Gasteiger partial charge is 0.222 e. The quantitative estimate of drug-likeness (QED) is 0.897. The molecule has 2 rings (SSSR count). The molecule has 0 aliphatic carbocycles. The first-order valence-electron chi connectivity index (χ1n) is 4.79. The van der Waals surface area contributed by atoms with Crippen molar-refractivity contribution in [3.63, 3.8) is 0 Å². The Morgan fingerprint density at radius 1 is 1.47 bits per heavy atom. The number of aryl methyl sites for hydroxylation is 1. The van der Waals surface area contributed by atoms with E-state index in [1.807, 2.05) is 0 Å². The summed E-state index contributed by atoms with van der Waals surface area (Å²) in [5.74, 6) is -0.151. The van der Waals surface area contributed by atoms with Crippen molar-refractivity contribution in [1.29, 1.82) is 0 Å². The van der Waals surface area contributed by atoms with Gasteiger partial charge in [0.2, 0.25) is 5.88 Å². The first-order chi connectivity index (χ1) is 8.04. The van der Waals surface area contributed by atoms with Gasteiger partial charge in [-0.25, -0.2) is 4.39 Å². The van der Waals surface area contributed by atoms with E-state index in [-0.39, 0.29) is 22.2 Å². The number of ether oxygens (including phenoxy) is 1. The van der Waals surface area contributed by atoms with Crippen molar-refractivity contribution in [1.82, 2.24) is 5.16 Å². The number of halogens is 2. The van der Waals surface area contributed by atoms with Gasteiger partial charge in [0, 0.05) is 6.07 Å². The zero-order valence-corrected chi connectivity index (χ0v) is 10.0. The van der Waals surface area contributed by atoms with E-state index in [9.17, 15) is 4.39 Å². The highest BCUT2D eigenvalue weighted by Crippen LogP contribution is 2.38. The number of nitrogens with two attached hydrogens (primary N) is 1. The average Bonchev–Trinajstić information content (AvgIpc) is 2.69. The van der Waals surface area contributed by atoms with Crippen LogP contribution in [0.2, 0.25) is 5.02 Å². The van der Waals surface area contributed by atoms with Gasteiger partial charge in [0.15, 0.2) is 5.82 Å². The van der Waals surface area contributed by atoms with Crippen molar-refractivity contribution in [2.24, 2.45) is 0 Å². The minimum absolute atomic E-state index is 0.000119. The second kappa shape index (κ2) is 4.25. The minimum atomic E-state index is -0.609. The van der Waals surface area contributed by atoms with Crippen LogP contribution in [0.1, 0.15) is 5.56 Å². The predicted octanol–water partition coefficient (Wildman–Crippen LogP) is 3.03. The van der Waals surface area contributed by atoms with E-state index in [1.54, 1.807) is 6.92 Å². The van der Waals surface area contributed by atoms with Crippen molar-refractivity contribution >= 4 is 17.5 Å². The highest BCUT2D eigenvalue weighted by molar-refractivity contribution is 6.31. The summed E-state index contributed by atoms with van der Waals surface area (Å²) < 4.78 is 23.9. The van der Waals surface area contributed by atoms with Crippen LogP contribution in [0.4, 0.5) is 10.3 Å². The van der Waals surface area contributed by atoms with Gasteiger partial charge in [-0.05, 0) is 18.6 Å². The lowest BCUT2D eigenvalue weighted by Crippen LogP contribution is -1.96. The van der Waals surface area contributed by atoms with Crippen LogP contribution in [-0.2, 0) is 0 Å². The Kier molecular flexibility index (Phi) is 2.93. The van der Waals surface area contributed by atoms with Gasteiger partial charge in [-0.15, -0.1) is 0 Å². The lowest BCUT2D eigenvalue weighted by Gasteiger charge is -2.11. The molecule has 0 atom stereocenters. The van der Waals surface area contributed by atoms with Crippen LogP contribution in [-0.4, -0.2) is 12.3 Å². The van der Waals surface area contributed by atoms with Gasteiger partial charge in [0.25, 0.3) is 0 Å². The topological polar surface area (TPSA) is 61.3 Å². The fraction of sp³-hybridized carbons (Fsp3) is 0.182. The first kappa shape index (κ1) is 11.7. The molecule has 1 aromatic carbocycles. The molecule has 17 heavy (non-hydrogen) atoms. The summed E-state index contributed by atoms with van der Waals surface area (Å²) in [6.45, 7) is 1.76. The van der Waals surface area contributed by atoms with E-state index in [2.05, 4.69) is 5.16 Å². The number of aromatic nitrogens is 1. The first-order valence-corrected chi connectivity index (χ1v) is 5.17.